The molecular weight excluding hydrogens is 598 g/mol. The number of anilines is 1. The number of nitrogens with one attached hydrogen (secondary N) is 1. The van der Waals surface area contributed by atoms with E-state index in [2.05, 4.69) is 21.2 Å². The van der Waals surface area contributed by atoms with Crippen LogP contribution in [0, 0.1) is 6.92 Å². The van der Waals surface area contributed by atoms with Gasteiger partial charge in [-0.25, -0.2) is 0 Å². The van der Waals surface area contributed by atoms with Gasteiger partial charge >= 0.3 is 0 Å². The predicted molar refractivity (Wildman–Crippen MR) is 158 cm³/mol. The molecule has 0 bridgehead atoms. The molecule has 11 heteroatoms. The first kappa shape index (κ1) is 29.7. The Kier molecular flexibility index (Phi) is 10.3. The Morgan fingerprint density at radius 2 is 1.75 bits per heavy atom. The maximum Gasteiger partial charge on any atom is 0.294 e. The van der Waals surface area contributed by atoms with Crippen molar-refractivity contribution in [2.75, 3.05) is 38.2 Å². The van der Waals surface area contributed by atoms with Gasteiger partial charge in [0.25, 0.3) is 17.1 Å². The second kappa shape index (κ2) is 13.8. The molecule has 4 amide bonds. The minimum absolute atomic E-state index is 0.209. The molecule has 2 aromatic rings. The quantitative estimate of drug-likeness (QED) is 0.359. The van der Waals surface area contributed by atoms with Crippen molar-refractivity contribution in [2.45, 2.75) is 39.5 Å². The number of nitrogens with zero attached hydrogens (tertiary/aromatic N) is 2. The average molecular weight is 631 g/mol. The molecule has 40 heavy (non-hydrogen) atoms. The fourth-order valence-corrected chi connectivity index (χ4v) is 5.80. The van der Waals surface area contributed by atoms with Gasteiger partial charge in [0.2, 0.25) is 5.91 Å². The first-order chi connectivity index (χ1) is 19.2. The van der Waals surface area contributed by atoms with E-state index in [1.54, 1.807) is 23.1 Å². The number of thioether (sulfide) groups is 1. The van der Waals surface area contributed by atoms with E-state index in [4.69, 9.17) is 9.47 Å². The number of rotatable bonds is 9. The van der Waals surface area contributed by atoms with Crippen LogP contribution in [0.3, 0.4) is 0 Å². The normalized spacial score (nSPS) is 16.7. The van der Waals surface area contributed by atoms with Crippen molar-refractivity contribution in [1.29, 1.82) is 0 Å². The number of aryl methyl sites for hydroxylation is 1. The maximum atomic E-state index is 13.0. The Morgan fingerprint density at radius 1 is 1.05 bits per heavy atom. The van der Waals surface area contributed by atoms with Crippen LogP contribution in [0.2, 0.25) is 0 Å². The van der Waals surface area contributed by atoms with Gasteiger partial charge in [-0.2, -0.15) is 0 Å². The van der Waals surface area contributed by atoms with E-state index < -0.39 is 11.1 Å². The van der Waals surface area contributed by atoms with Crippen molar-refractivity contribution in [3.63, 3.8) is 0 Å². The van der Waals surface area contributed by atoms with E-state index in [1.165, 1.54) is 0 Å². The molecule has 0 aliphatic carbocycles. The molecule has 0 saturated carbocycles. The molecule has 0 radical (unpaired) electrons. The Labute approximate surface area is 246 Å². The van der Waals surface area contributed by atoms with Gasteiger partial charge in [0, 0.05) is 18.8 Å². The zero-order chi connectivity index (χ0) is 28.6. The molecule has 2 saturated heterocycles. The molecule has 2 aliphatic rings. The van der Waals surface area contributed by atoms with E-state index in [0.717, 1.165) is 47.9 Å². The molecule has 4 rings (SSSR count). The Hall–Kier alpha value is -3.31. The van der Waals surface area contributed by atoms with Crippen LogP contribution in [0.4, 0.5) is 10.5 Å². The van der Waals surface area contributed by atoms with Crippen molar-refractivity contribution in [3.8, 4) is 11.5 Å². The third-order valence-electron chi connectivity index (χ3n) is 6.44. The maximum absolute atomic E-state index is 13.0. The largest absolute Gasteiger partial charge is 0.490 e. The third kappa shape index (κ3) is 7.66. The molecule has 9 nitrogen and oxygen atoms in total. The number of carbonyl (C=O) groups is 4. The number of halogens is 1. The topological polar surface area (TPSA) is 105 Å². The summed E-state index contributed by atoms with van der Waals surface area (Å²) in [6, 6.07) is 10.8. The molecule has 2 aliphatic heterocycles. The van der Waals surface area contributed by atoms with Crippen molar-refractivity contribution < 1.29 is 28.7 Å². The lowest BCUT2D eigenvalue weighted by atomic mass is 10.2. The van der Waals surface area contributed by atoms with E-state index in [9.17, 15) is 19.2 Å². The van der Waals surface area contributed by atoms with Gasteiger partial charge < -0.3 is 19.7 Å². The number of amides is 4. The lowest BCUT2D eigenvalue weighted by molar-refractivity contribution is -0.135. The van der Waals surface area contributed by atoms with Gasteiger partial charge in [-0.15, -0.1) is 0 Å². The van der Waals surface area contributed by atoms with E-state index in [-0.39, 0.29) is 29.9 Å². The smallest absolute Gasteiger partial charge is 0.294 e. The standard InChI is InChI=1S/C29H32BrN3O6S/c1-3-38-23-15-20(14-22(30)27(23)39-18-25(34)31-21-10-8-19(2)9-11-21)16-24-28(36)33(29(37)40-24)17-26(35)32-12-6-4-5-7-13-32/h8-11,14-16H,3-7,12-13,17-18H2,1-2H3,(H,31,34). The van der Waals surface area contributed by atoms with Crippen molar-refractivity contribution in [1.82, 2.24) is 9.80 Å². The average Bonchev–Trinajstić information content (AvgIpc) is 3.10. The van der Waals surface area contributed by atoms with E-state index in [0.29, 0.717) is 46.9 Å². The fourth-order valence-electron chi connectivity index (χ4n) is 4.39. The van der Waals surface area contributed by atoms with Gasteiger partial charge in [0.1, 0.15) is 6.54 Å². The summed E-state index contributed by atoms with van der Waals surface area (Å²) in [5.74, 6) is -0.318. The highest BCUT2D eigenvalue weighted by Gasteiger charge is 2.37. The lowest BCUT2D eigenvalue weighted by Crippen LogP contribution is -2.42. The summed E-state index contributed by atoms with van der Waals surface area (Å²) in [6.07, 6.45) is 5.61. The Balaban J connectivity index is 1.44. The highest BCUT2D eigenvalue weighted by Crippen LogP contribution is 2.39. The highest BCUT2D eigenvalue weighted by atomic mass is 79.9. The molecule has 0 atom stereocenters. The molecule has 2 fully saturated rings. The second-order valence-electron chi connectivity index (χ2n) is 9.53. The summed E-state index contributed by atoms with van der Waals surface area (Å²) in [6.45, 7) is 4.94. The molecule has 0 aromatic heterocycles. The molecular formula is C29H32BrN3O6S. The van der Waals surface area contributed by atoms with E-state index >= 15 is 0 Å². The molecule has 0 unspecified atom stereocenters. The number of imide groups is 1. The summed E-state index contributed by atoms with van der Waals surface area (Å²) in [4.78, 5) is 53.8. The molecule has 212 valence electrons. The molecule has 0 spiro atoms. The zero-order valence-electron chi connectivity index (χ0n) is 22.5. The minimum Gasteiger partial charge on any atom is -0.490 e. The van der Waals surface area contributed by atoms with Crippen molar-refractivity contribution in [2.24, 2.45) is 0 Å². The van der Waals surface area contributed by atoms with Crippen LogP contribution in [0.25, 0.3) is 6.08 Å². The number of likely N-dealkylation sites (tertiary alicyclic amines) is 1. The molecule has 2 aromatic carbocycles. The summed E-state index contributed by atoms with van der Waals surface area (Å²) in [7, 11) is 0. The van der Waals surface area contributed by atoms with Crippen LogP contribution in [0.5, 0.6) is 11.5 Å². The van der Waals surface area contributed by atoms with Gasteiger partial charge in [-0.1, -0.05) is 30.5 Å². The third-order valence-corrected chi connectivity index (χ3v) is 7.93. The van der Waals surface area contributed by atoms with Crippen LogP contribution in [-0.2, 0) is 14.4 Å². The molecule has 1 N–H and O–H groups in total. The minimum atomic E-state index is -0.500. The number of ether oxygens (including phenoxy) is 2. The lowest BCUT2D eigenvalue weighted by Gasteiger charge is -2.22. The zero-order valence-corrected chi connectivity index (χ0v) is 24.9. The van der Waals surface area contributed by atoms with Gasteiger partial charge in [0.05, 0.1) is 16.0 Å². The first-order valence-corrected chi connectivity index (χ1v) is 14.8. The SMILES string of the molecule is CCOc1cc(C=C2SC(=O)N(CC(=O)N3CCCCCC3)C2=O)cc(Br)c1OCC(=O)Nc1ccc(C)cc1. The number of benzene rings is 2. The van der Waals surface area contributed by atoms with Crippen LogP contribution in [0.1, 0.15) is 43.7 Å². The van der Waals surface area contributed by atoms with Crippen molar-refractivity contribution >= 4 is 62.4 Å². The summed E-state index contributed by atoms with van der Waals surface area (Å²) >= 11 is 4.28. The number of hydrogen-bond donors (Lipinski definition) is 1. The Bertz CT molecular complexity index is 1310. The summed E-state index contributed by atoms with van der Waals surface area (Å²) in [5.41, 5.74) is 2.35. The fraction of sp³-hybridized carbons (Fsp3) is 0.379. The van der Waals surface area contributed by atoms with Crippen LogP contribution in [0.15, 0.2) is 45.8 Å². The van der Waals surface area contributed by atoms with E-state index in [1.807, 2.05) is 38.1 Å². The van der Waals surface area contributed by atoms with Gasteiger partial charge in [-0.3, -0.25) is 24.1 Å². The Morgan fingerprint density at radius 3 is 2.42 bits per heavy atom. The second-order valence-corrected chi connectivity index (χ2v) is 11.4. The summed E-state index contributed by atoms with van der Waals surface area (Å²) in [5, 5.41) is 2.32. The van der Waals surface area contributed by atoms with Gasteiger partial charge in [-0.05, 0) is 90.3 Å². The molecule has 2 heterocycles. The van der Waals surface area contributed by atoms with Crippen LogP contribution in [-0.4, -0.2) is 65.6 Å². The predicted octanol–water partition coefficient (Wildman–Crippen LogP) is 5.61. The van der Waals surface area contributed by atoms with Crippen molar-refractivity contribution in [3.05, 3.63) is 56.9 Å². The van der Waals surface area contributed by atoms with Gasteiger partial charge in [0.15, 0.2) is 18.1 Å². The number of carbonyl (C=O) groups excluding carboxylic acids is 4. The first-order valence-electron chi connectivity index (χ1n) is 13.2. The van der Waals surface area contributed by atoms with Crippen LogP contribution >= 0.6 is 27.7 Å². The number of hydrogen-bond acceptors (Lipinski definition) is 7. The van der Waals surface area contributed by atoms with Crippen LogP contribution < -0.4 is 14.8 Å². The highest BCUT2D eigenvalue weighted by molar-refractivity contribution is 9.10. The summed E-state index contributed by atoms with van der Waals surface area (Å²) < 4.78 is 12.1. The monoisotopic (exact) mass is 629 g/mol.